The van der Waals surface area contributed by atoms with Crippen LogP contribution in [-0.2, 0) is 19.1 Å². The van der Waals surface area contributed by atoms with Crippen molar-refractivity contribution < 1.29 is 28.5 Å². The fourth-order valence-corrected chi connectivity index (χ4v) is 4.24. The Labute approximate surface area is 183 Å². The maximum Gasteiger partial charge on any atom is 0.340 e. The lowest BCUT2D eigenvalue weighted by molar-refractivity contribution is -0.136. The maximum absolute atomic E-state index is 12.8. The summed E-state index contributed by atoms with van der Waals surface area (Å²) in [6, 6.07) is 3.48. The third-order valence-electron chi connectivity index (χ3n) is 4.85. The summed E-state index contributed by atoms with van der Waals surface area (Å²) in [4.78, 5) is 25.4. The van der Waals surface area contributed by atoms with Gasteiger partial charge in [-0.2, -0.15) is 0 Å². The van der Waals surface area contributed by atoms with Crippen LogP contribution in [0.25, 0.3) is 0 Å². The van der Waals surface area contributed by atoms with Crippen LogP contribution in [0.5, 0.6) is 11.5 Å². The fraction of sp³-hybridized carbons (Fsp3) is 0.364. The maximum atomic E-state index is 12.8. The van der Waals surface area contributed by atoms with Crippen molar-refractivity contribution in [2.24, 2.45) is 5.73 Å². The number of carbonyl (C=O) groups excluding carboxylic acids is 2. The zero-order valence-corrected chi connectivity index (χ0v) is 18.3. The number of allylic oxidation sites excluding steroid dienone is 2. The number of ether oxygens (including phenoxy) is 4. The first kappa shape index (κ1) is 21.8. The fourth-order valence-electron chi connectivity index (χ4n) is 3.67. The van der Waals surface area contributed by atoms with Gasteiger partial charge in [-0.15, -0.1) is 6.42 Å². The van der Waals surface area contributed by atoms with Crippen LogP contribution in [0.3, 0.4) is 0 Å². The molecule has 1 aliphatic heterocycles. The van der Waals surface area contributed by atoms with Crippen molar-refractivity contribution >= 4 is 27.7 Å². The molecule has 0 bridgehead atoms. The van der Waals surface area contributed by atoms with Crippen molar-refractivity contribution in [1.82, 2.24) is 0 Å². The number of nitrogens with two attached hydrogens (primary N) is 1. The monoisotopic (exact) mass is 475 g/mol. The zero-order valence-electron chi connectivity index (χ0n) is 16.7. The summed E-state index contributed by atoms with van der Waals surface area (Å²) in [7, 11) is 1.25. The largest absolute Gasteiger partial charge is 0.490 e. The second-order valence-corrected chi connectivity index (χ2v) is 7.53. The summed E-state index contributed by atoms with van der Waals surface area (Å²) in [5.74, 6) is 2.21. The van der Waals surface area contributed by atoms with Crippen molar-refractivity contribution in [3.63, 3.8) is 0 Å². The summed E-state index contributed by atoms with van der Waals surface area (Å²) in [6.45, 7) is 2.27. The van der Waals surface area contributed by atoms with Crippen LogP contribution in [0.2, 0.25) is 0 Å². The van der Waals surface area contributed by atoms with Crippen LogP contribution < -0.4 is 15.2 Å². The first-order valence-electron chi connectivity index (χ1n) is 9.47. The molecule has 0 radical (unpaired) electrons. The highest BCUT2D eigenvalue weighted by Crippen LogP contribution is 2.47. The van der Waals surface area contributed by atoms with Crippen molar-refractivity contribution in [3.8, 4) is 23.8 Å². The minimum Gasteiger partial charge on any atom is -0.490 e. The van der Waals surface area contributed by atoms with Crippen molar-refractivity contribution in [3.05, 3.63) is 45.0 Å². The highest BCUT2D eigenvalue weighted by molar-refractivity contribution is 9.10. The lowest BCUT2D eigenvalue weighted by Gasteiger charge is -2.32. The Morgan fingerprint density at radius 1 is 1.37 bits per heavy atom. The Morgan fingerprint density at radius 2 is 2.13 bits per heavy atom. The SMILES string of the molecule is C#CCOc1c(Br)cc([C@@H]2C(C(=O)OC)=C(N)OC3=C2C(=O)CCC3)cc1OCC. The van der Waals surface area contributed by atoms with Crippen LogP contribution in [0.4, 0.5) is 0 Å². The molecule has 0 amide bonds. The molecule has 0 unspecified atom stereocenters. The lowest BCUT2D eigenvalue weighted by Crippen LogP contribution is -2.31. The minimum atomic E-state index is -0.744. The Balaban J connectivity index is 2.21. The number of halogens is 1. The molecule has 1 aromatic rings. The molecule has 0 fully saturated rings. The van der Waals surface area contributed by atoms with Crippen molar-refractivity contribution in [1.29, 1.82) is 0 Å². The van der Waals surface area contributed by atoms with Gasteiger partial charge in [0.1, 0.15) is 17.9 Å². The number of esters is 1. The first-order chi connectivity index (χ1) is 14.4. The second kappa shape index (κ2) is 9.26. The summed E-state index contributed by atoms with van der Waals surface area (Å²) >= 11 is 3.49. The zero-order chi connectivity index (χ0) is 21.8. The quantitative estimate of drug-likeness (QED) is 0.497. The summed E-state index contributed by atoms with van der Waals surface area (Å²) in [6.07, 6.45) is 6.91. The smallest absolute Gasteiger partial charge is 0.340 e. The number of rotatable bonds is 6. The minimum absolute atomic E-state index is 0.0589. The normalized spacial score (nSPS) is 18.3. The van der Waals surface area contributed by atoms with Crippen LogP contribution in [0, 0.1) is 12.3 Å². The van der Waals surface area contributed by atoms with Crippen LogP contribution in [0.15, 0.2) is 39.4 Å². The van der Waals surface area contributed by atoms with Gasteiger partial charge >= 0.3 is 5.97 Å². The van der Waals surface area contributed by atoms with Crippen molar-refractivity contribution in [2.45, 2.75) is 32.1 Å². The summed E-state index contributed by atoms with van der Waals surface area (Å²) in [5.41, 5.74) is 7.21. The molecule has 1 heterocycles. The molecule has 30 heavy (non-hydrogen) atoms. The number of Topliss-reactive ketones (excluding diaryl/α,β-unsaturated/α-hetero) is 1. The van der Waals surface area contributed by atoms with E-state index >= 15 is 0 Å². The van der Waals surface area contributed by atoms with Crippen molar-refractivity contribution in [2.75, 3.05) is 20.3 Å². The molecule has 2 aliphatic rings. The number of benzene rings is 1. The third-order valence-corrected chi connectivity index (χ3v) is 5.44. The number of ketones is 1. The molecule has 158 valence electrons. The molecule has 1 aromatic carbocycles. The number of carbonyl (C=O) groups is 2. The molecule has 3 rings (SSSR count). The van der Waals surface area contributed by atoms with E-state index in [-0.39, 0.29) is 23.8 Å². The standard InChI is InChI=1S/C22H22BrNO6/c1-4-9-29-20-13(23)10-12(11-16(20)28-5-2)17-18-14(25)7-6-8-15(18)30-21(24)19(17)22(26)27-3/h1,10-11,17H,5-9,24H2,2-3H3/t17-/m0/s1. The molecule has 0 aromatic heterocycles. The van der Waals surface area contributed by atoms with Gasteiger partial charge in [0.15, 0.2) is 17.3 Å². The van der Waals surface area contributed by atoms with E-state index in [4.69, 9.17) is 31.1 Å². The molecule has 0 saturated heterocycles. The summed E-state index contributed by atoms with van der Waals surface area (Å²) in [5, 5.41) is 0. The predicted molar refractivity (Wildman–Crippen MR) is 113 cm³/mol. The van der Waals surface area contributed by atoms with Gasteiger partial charge in [-0.25, -0.2) is 4.79 Å². The third kappa shape index (κ3) is 4.03. The van der Waals surface area contributed by atoms with Crippen LogP contribution >= 0.6 is 15.9 Å². The molecule has 0 spiro atoms. The number of terminal acetylenes is 1. The van der Waals surface area contributed by atoms with Gasteiger partial charge in [-0.1, -0.05) is 5.92 Å². The van der Waals surface area contributed by atoms with Gasteiger partial charge in [0.2, 0.25) is 5.88 Å². The molecule has 1 atom stereocenters. The van der Waals surface area contributed by atoms with E-state index in [1.165, 1.54) is 7.11 Å². The van der Waals surface area contributed by atoms with Gasteiger partial charge in [-0.3, -0.25) is 4.79 Å². The van der Waals surface area contributed by atoms with E-state index in [1.807, 2.05) is 6.92 Å². The molecule has 0 saturated carbocycles. The molecule has 7 nitrogen and oxygen atoms in total. The average molecular weight is 476 g/mol. The van der Waals surface area contributed by atoms with E-state index < -0.39 is 11.9 Å². The summed E-state index contributed by atoms with van der Waals surface area (Å²) < 4.78 is 22.5. The van der Waals surface area contributed by atoms with E-state index in [2.05, 4.69) is 21.9 Å². The van der Waals surface area contributed by atoms with Gasteiger partial charge < -0.3 is 24.7 Å². The Morgan fingerprint density at radius 3 is 2.80 bits per heavy atom. The first-order valence-corrected chi connectivity index (χ1v) is 10.3. The van der Waals surface area contributed by atoms with Crippen LogP contribution in [-0.4, -0.2) is 32.1 Å². The Kier molecular flexibility index (Phi) is 6.73. The topological polar surface area (TPSA) is 97.1 Å². The molecular weight excluding hydrogens is 454 g/mol. The highest BCUT2D eigenvalue weighted by atomic mass is 79.9. The molecule has 2 N–H and O–H groups in total. The van der Waals surface area contributed by atoms with Gasteiger partial charge in [0, 0.05) is 18.4 Å². The number of methoxy groups -OCH3 is 1. The van der Waals surface area contributed by atoms with Gasteiger partial charge in [0.05, 0.1) is 24.1 Å². The van der Waals surface area contributed by atoms with Gasteiger partial charge in [-0.05, 0) is 47.0 Å². The van der Waals surface area contributed by atoms with Crippen LogP contribution in [0.1, 0.15) is 37.7 Å². The predicted octanol–water partition coefficient (Wildman–Crippen LogP) is 3.32. The average Bonchev–Trinajstić information content (AvgIpc) is 2.72. The molecular formula is C22H22BrNO6. The van der Waals surface area contributed by atoms with E-state index in [1.54, 1.807) is 12.1 Å². The molecule has 1 aliphatic carbocycles. The Bertz CT molecular complexity index is 988. The van der Waals surface area contributed by atoms with E-state index in [9.17, 15) is 9.59 Å². The second-order valence-electron chi connectivity index (χ2n) is 6.67. The van der Waals surface area contributed by atoms with E-state index in [0.717, 1.165) is 0 Å². The van der Waals surface area contributed by atoms with E-state index in [0.29, 0.717) is 58.7 Å². The number of hydrogen-bond acceptors (Lipinski definition) is 7. The Hall–Kier alpha value is -2.92. The van der Waals surface area contributed by atoms with Gasteiger partial charge in [0.25, 0.3) is 0 Å². The highest BCUT2D eigenvalue weighted by Gasteiger charge is 2.41. The lowest BCUT2D eigenvalue weighted by atomic mass is 9.77. The number of hydrogen-bond donors (Lipinski definition) is 1. The molecule has 8 heteroatoms.